The molecular formula is C24H31ClFN5O4. The highest BCUT2D eigenvalue weighted by Crippen LogP contribution is 2.24. The van der Waals surface area contributed by atoms with Crippen LogP contribution in [0, 0.1) is 5.82 Å². The molecule has 0 saturated carbocycles. The van der Waals surface area contributed by atoms with Gasteiger partial charge in [-0.2, -0.15) is 0 Å². The van der Waals surface area contributed by atoms with Gasteiger partial charge < -0.3 is 30.2 Å². The van der Waals surface area contributed by atoms with Crippen molar-refractivity contribution < 1.29 is 23.5 Å². The highest BCUT2D eigenvalue weighted by Gasteiger charge is 2.29. The normalized spacial score (nSPS) is 15.9. The van der Waals surface area contributed by atoms with Gasteiger partial charge in [-0.3, -0.25) is 4.79 Å². The van der Waals surface area contributed by atoms with E-state index in [1.54, 1.807) is 38.7 Å². The second kappa shape index (κ2) is 11.0. The Morgan fingerprint density at radius 2 is 1.97 bits per heavy atom. The molecule has 0 bridgehead atoms. The van der Waals surface area contributed by atoms with Crippen molar-refractivity contribution in [2.75, 3.05) is 25.0 Å². The Labute approximate surface area is 208 Å². The SMILES string of the molecule is CCNC(=O)Nc1cn(-c2ccc(Cl)c(F)c2)cc1C(=O)NC1CCCN(C(=O)OC(C)(C)C)C1. The minimum Gasteiger partial charge on any atom is -0.444 e. The van der Waals surface area contributed by atoms with Gasteiger partial charge in [-0.1, -0.05) is 11.6 Å². The molecule has 3 rings (SSSR count). The second-order valence-corrected chi connectivity index (χ2v) is 9.72. The van der Waals surface area contributed by atoms with Gasteiger partial charge in [-0.15, -0.1) is 0 Å². The van der Waals surface area contributed by atoms with Crippen molar-refractivity contribution in [2.24, 2.45) is 0 Å². The summed E-state index contributed by atoms with van der Waals surface area (Å²) in [5, 5.41) is 8.20. The Morgan fingerprint density at radius 1 is 1.23 bits per heavy atom. The molecule has 1 aliphatic heterocycles. The van der Waals surface area contributed by atoms with Crippen LogP contribution in [0.3, 0.4) is 0 Å². The van der Waals surface area contributed by atoms with Crippen LogP contribution in [0.1, 0.15) is 50.9 Å². The summed E-state index contributed by atoms with van der Waals surface area (Å²) in [6, 6.07) is 3.48. The minimum absolute atomic E-state index is 0.0219. The topological polar surface area (TPSA) is 105 Å². The Kier molecular flexibility index (Phi) is 8.26. The van der Waals surface area contributed by atoms with Crippen LogP contribution < -0.4 is 16.0 Å². The van der Waals surface area contributed by atoms with Crippen molar-refractivity contribution in [3.05, 3.63) is 47.0 Å². The second-order valence-electron chi connectivity index (χ2n) is 9.31. The molecule has 0 radical (unpaired) electrons. The number of halogens is 2. The van der Waals surface area contributed by atoms with Gasteiger partial charge in [-0.05, 0) is 58.7 Å². The van der Waals surface area contributed by atoms with Crippen LogP contribution in [0.15, 0.2) is 30.6 Å². The molecule has 1 aliphatic rings. The van der Waals surface area contributed by atoms with Gasteiger partial charge in [0, 0.05) is 43.8 Å². The van der Waals surface area contributed by atoms with Gasteiger partial charge in [0.25, 0.3) is 5.91 Å². The van der Waals surface area contributed by atoms with Crippen molar-refractivity contribution in [1.82, 2.24) is 20.1 Å². The zero-order valence-corrected chi connectivity index (χ0v) is 21.0. The maximum atomic E-state index is 14.0. The van der Waals surface area contributed by atoms with Crippen LogP contribution in [0.25, 0.3) is 5.69 Å². The number of likely N-dealkylation sites (tertiary alicyclic amines) is 1. The van der Waals surface area contributed by atoms with Crippen LogP contribution in [0.2, 0.25) is 5.02 Å². The number of carbonyl (C=O) groups is 3. The number of carbonyl (C=O) groups excluding carboxylic acids is 3. The number of rotatable bonds is 5. The molecule has 0 spiro atoms. The molecule has 1 aromatic heterocycles. The molecule has 2 aromatic rings. The number of aromatic nitrogens is 1. The quantitative estimate of drug-likeness (QED) is 0.552. The highest BCUT2D eigenvalue weighted by atomic mass is 35.5. The Hall–Kier alpha value is -3.27. The summed E-state index contributed by atoms with van der Waals surface area (Å²) in [5.74, 6) is -1.03. The molecule has 35 heavy (non-hydrogen) atoms. The number of nitrogens with one attached hydrogen (secondary N) is 3. The molecule has 2 heterocycles. The first-order valence-corrected chi connectivity index (χ1v) is 11.9. The van der Waals surface area contributed by atoms with Gasteiger partial charge in [0.05, 0.1) is 16.3 Å². The lowest BCUT2D eigenvalue weighted by atomic mass is 10.1. The zero-order valence-electron chi connectivity index (χ0n) is 20.3. The average molecular weight is 508 g/mol. The van der Waals surface area contributed by atoms with E-state index in [0.717, 1.165) is 0 Å². The molecular weight excluding hydrogens is 477 g/mol. The first kappa shape index (κ1) is 26.3. The number of hydrogen-bond acceptors (Lipinski definition) is 4. The van der Waals surface area contributed by atoms with Crippen molar-refractivity contribution in [2.45, 2.75) is 52.2 Å². The van der Waals surface area contributed by atoms with Gasteiger partial charge >= 0.3 is 12.1 Å². The minimum atomic E-state index is -0.614. The van der Waals surface area contributed by atoms with Gasteiger partial charge in [0.15, 0.2) is 0 Å². The van der Waals surface area contributed by atoms with E-state index in [-0.39, 0.29) is 22.3 Å². The lowest BCUT2D eigenvalue weighted by Crippen LogP contribution is -2.50. The third-order valence-electron chi connectivity index (χ3n) is 5.27. The number of benzene rings is 1. The smallest absolute Gasteiger partial charge is 0.410 e. The van der Waals surface area contributed by atoms with E-state index in [1.165, 1.54) is 29.1 Å². The Bertz CT molecular complexity index is 1100. The summed E-state index contributed by atoms with van der Waals surface area (Å²) in [6.07, 6.45) is 4.01. The molecule has 0 aliphatic carbocycles. The molecule has 9 nitrogen and oxygen atoms in total. The number of piperidine rings is 1. The van der Waals surface area contributed by atoms with Crippen molar-refractivity contribution in [3.8, 4) is 5.69 Å². The van der Waals surface area contributed by atoms with Crippen molar-refractivity contribution in [1.29, 1.82) is 0 Å². The molecule has 4 amide bonds. The maximum absolute atomic E-state index is 14.0. The van der Waals surface area contributed by atoms with Crippen molar-refractivity contribution in [3.63, 3.8) is 0 Å². The summed E-state index contributed by atoms with van der Waals surface area (Å²) in [6.45, 7) is 8.43. The Morgan fingerprint density at radius 3 is 2.63 bits per heavy atom. The van der Waals surface area contributed by atoms with Crippen LogP contribution in [0.5, 0.6) is 0 Å². The predicted octanol–water partition coefficient (Wildman–Crippen LogP) is 4.54. The van der Waals surface area contributed by atoms with Gasteiger partial charge in [0.2, 0.25) is 0 Å². The average Bonchev–Trinajstić information content (AvgIpc) is 3.18. The number of ether oxygens (including phenoxy) is 1. The van der Waals surface area contributed by atoms with E-state index < -0.39 is 29.4 Å². The summed E-state index contributed by atoms with van der Waals surface area (Å²) >= 11 is 5.79. The number of urea groups is 1. The van der Waals surface area contributed by atoms with E-state index in [9.17, 15) is 18.8 Å². The zero-order chi connectivity index (χ0) is 25.8. The molecule has 1 atom stereocenters. The van der Waals surface area contributed by atoms with Crippen LogP contribution in [-0.2, 0) is 4.74 Å². The predicted molar refractivity (Wildman–Crippen MR) is 132 cm³/mol. The fourth-order valence-corrected chi connectivity index (χ4v) is 3.82. The van der Waals surface area contributed by atoms with E-state index in [0.29, 0.717) is 38.2 Å². The molecule has 1 aromatic carbocycles. The lowest BCUT2D eigenvalue weighted by Gasteiger charge is -2.34. The molecule has 1 saturated heterocycles. The van der Waals surface area contributed by atoms with Crippen molar-refractivity contribution >= 4 is 35.3 Å². The van der Waals surface area contributed by atoms with E-state index >= 15 is 0 Å². The van der Waals surface area contributed by atoms with E-state index in [2.05, 4.69) is 16.0 Å². The summed E-state index contributed by atoms with van der Waals surface area (Å²) in [4.78, 5) is 39.4. The fourth-order valence-electron chi connectivity index (χ4n) is 3.71. The van der Waals surface area contributed by atoms with Crippen LogP contribution in [0.4, 0.5) is 19.7 Å². The summed E-state index contributed by atoms with van der Waals surface area (Å²) in [7, 11) is 0. The van der Waals surface area contributed by atoms with E-state index in [1.807, 2.05) is 0 Å². The van der Waals surface area contributed by atoms with Gasteiger partial charge in [-0.25, -0.2) is 14.0 Å². The lowest BCUT2D eigenvalue weighted by molar-refractivity contribution is 0.0185. The monoisotopic (exact) mass is 507 g/mol. The number of hydrogen-bond donors (Lipinski definition) is 3. The molecule has 1 unspecified atom stereocenters. The summed E-state index contributed by atoms with van der Waals surface area (Å²) in [5.41, 5.74) is 0.264. The fraction of sp³-hybridized carbons (Fsp3) is 0.458. The molecule has 190 valence electrons. The number of amides is 4. The first-order valence-electron chi connectivity index (χ1n) is 11.5. The maximum Gasteiger partial charge on any atom is 0.410 e. The van der Waals surface area contributed by atoms with Gasteiger partial charge in [0.1, 0.15) is 11.4 Å². The number of anilines is 1. The largest absolute Gasteiger partial charge is 0.444 e. The highest BCUT2D eigenvalue weighted by molar-refractivity contribution is 6.30. The molecule has 1 fully saturated rings. The third-order valence-corrected chi connectivity index (χ3v) is 5.57. The molecule has 3 N–H and O–H groups in total. The van der Waals surface area contributed by atoms with Crippen LogP contribution >= 0.6 is 11.6 Å². The van der Waals surface area contributed by atoms with E-state index in [4.69, 9.17) is 16.3 Å². The standard InChI is InChI=1S/C24H31ClFN5O4/c1-5-27-22(33)29-20-14-31(16-8-9-18(25)19(26)11-16)13-17(20)21(32)28-15-7-6-10-30(12-15)23(34)35-24(2,3)4/h8-9,11,13-15H,5-7,10,12H2,1-4H3,(H,28,32)(H2,27,29,33). The summed E-state index contributed by atoms with van der Waals surface area (Å²) < 4.78 is 21.0. The third kappa shape index (κ3) is 7.11. The number of nitrogens with zero attached hydrogens (tertiary/aromatic N) is 2. The molecule has 11 heteroatoms. The van der Waals surface area contributed by atoms with Crippen LogP contribution in [-0.4, -0.2) is 58.8 Å². The first-order chi connectivity index (χ1) is 16.5. The Balaban J connectivity index is 1.80.